The van der Waals surface area contributed by atoms with Crippen LogP contribution in [-0.2, 0) is 0 Å². The van der Waals surface area contributed by atoms with Crippen LogP contribution in [0.5, 0.6) is 0 Å². The summed E-state index contributed by atoms with van der Waals surface area (Å²) in [6.07, 6.45) is 10.0. The monoisotopic (exact) mass is 236 g/mol. The van der Waals surface area contributed by atoms with Crippen molar-refractivity contribution in [2.24, 2.45) is 5.41 Å². The second-order valence-corrected chi connectivity index (χ2v) is 7.28. The van der Waals surface area contributed by atoms with Gasteiger partial charge in [-0.15, -0.1) is 0 Å². The Labute approximate surface area is 106 Å². The topological polar surface area (TPSA) is 15.3 Å². The van der Waals surface area contributed by atoms with Crippen molar-refractivity contribution in [3.63, 3.8) is 0 Å². The fraction of sp³-hybridized carbons (Fsp3) is 1.00. The zero-order valence-electron chi connectivity index (χ0n) is 11.6. The SMILES string of the molecule is CC1(C)CCCC1N1CCNC2(CCCC2)C1. The molecule has 1 spiro atoms. The number of rotatable bonds is 1. The highest BCUT2D eigenvalue weighted by Crippen LogP contribution is 2.42. The van der Waals surface area contributed by atoms with Crippen LogP contribution in [0, 0.1) is 5.41 Å². The van der Waals surface area contributed by atoms with Crippen molar-refractivity contribution in [2.75, 3.05) is 19.6 Å². The Balaban J connectivity index is 1.71. The predicted molar refractivity (Wildman–Crippen MR) is 72.2 cm³/mol. The highest BCUT2D eigenvalue weighted by molar-refractivity contribution is 5.02. The number of nitrogens with one attached hydrogen (secondary N) is 1. The van der Waals surface area contributed by atoms with Crippen molar-refractivity contribution < 1.29 is 0 Å². The Kier molecular flexibility index (Phi) is 2.99. The first kappa shape index (κ1) is 12.0. The standard InChI is InChI=1S/C15H28N2/c1-14(2)7-5-6-13(14)17-11-10-16-15(12-17)8-3-4-9-15/h13,16H,3-12H2,1-2H3. The third-order valence-electron chi connectivity index (χ3n) is 5.61. The summed E-state index contributed by atoms with van der Waals surface area (Å²) < 4.78 is 0. The van der Waals surface area contributed by atoms with E-state index >= 15 is 0 Å². The van der Waals surface area contributed by atoms with Crippen LogP contribution in [0.4, 0.5) is 0 Å². The van der Waals surface area contributed by atoms with Crippen LogP contribution in [0.2, 0.25) is 0 Å². The average molecular weight is 236 g/mol. The maximum atomic E-state index is 3.83. The van der Waals surface area contributed by atoms with Gasteiger partial charge in [-0.1, -0.05) is 33.1 Å². The normalized spacial score (nSPS) is 36.7. The van der Waals surface area contributed by atoms with Crippen molar-refractivity contribution in [3.8, 4) is 0 Å². The van der Waals surface area contributed by atoms with Gasteiger partial charge in [-0.2, -0.15) is 0 Å². The molecule has 1 aliphatic heterocycles. The molecule has 0 aromatic rings. The zero-order valence-corrected chi connectivity index (χ0v) is 11.6. The van der Waals surface area contributed by atoms with Gasteiger partial charge in [-0.25, -0.2) is 0 Å². The van der Waals surface area contributed by atoms with Crippen molar-refractivity contribution in [2.45, 2.75) is 70.4 Å². The average Bonchev–Trinajstić information content (AvgIpc) is 2.85. The fourth-order valence-electron chi connectivity index (χ4n) is 4.63. The molecule has 0 aromatic heterocycles. The summed E-state index contributed by atoms with van der Waals surface area (Å²) >= 11 is 0. The predicted octanol–water partition coefficient (Wildman–Crippen LogP) is 2.78. The van der Waals surface area contributed by atoms with E-state index in [0.29, 0.717) is 11.0 Å². The molecule has 1 heterocycles. The number of nitrogens with zero attached hydrogens (tertiary/aromatic N) is 1. The summed E-state index contributed by atoms with van der Waals surface area (Å²) in [7, 11) is 0. The quantitative estimate of drug-likeness (QED) is 0.753. The maximum absolute atomic E-state index is 3.83. The van der Waals surface area contributed by atoms with Crippen LogP contribution in [-0.4, -0.2) is 36.1 Å². The van der Waals surface area contributed by atoms with Gasteiger partial charge in [-0.3, -0.25) is 4.90 Å². The maximum Gasteiger partial charge on any atom is 0.0309 e. The van der Waals surface area contributed by atoms with Crippen LogP contribution in [0.1, 0.15) is 58.8 Å². The molecule has 0 radical (unpaired) electrons. The van der Waals surface area contributed by atoms with Crippen LogP contribution in [0.25, 0.3) is 0 Å². The zero-order chi connectivity index (χ0) is 11.9. The molecule has 2 aliphatic carbocycles. The minimum atomic E-state index is 0.497. The lowest BCUT2D eigenvalue weighted by molar-refractivity contribution is 0.0503. The van der Waals surface area contributed by atoms with Crippen molar-refractivity contribution >= 4 is 0 Å². The lowest BCUT2D eigenvalue weighted by atomic mass is 9.84. The third-order valence-corrected chi connectivity index (χ3v) is 5.61. The summed E-state index contributed by atoms with van der Waals surface area (Å²) in [6, 6.07) is 0.849. The Morgan fingerprint density at radius 3 is 2.47 bits per heavy atom. The van der Waals surface area contributed by atoms with Crippen LogP contribution < -0.4 is 5.32 Å². The lowest BCUT2D eigenvalue weighted by Gasteiger charge is -2.47. The van der Waals surface area contributed by atoms with E-state index in [1.54, 1.807) is 0 Å². The van der Waals surface area contributed by atoms with Crippen LogP contribution in [0.15, 0.2) is 0 Å². The third kappa shape index (κ3) is 2.15. The smallest absolute Gasteiger partial charge is 0.0309 e. The van der Waals surface area contributed by atoms with E-state index < -0.39 is 0 Å². The molecule has 17 heavy (non-hydrogen) atoms. The van der Waals surface area contributed by atoms with Gasteiger partial charge in [0, 0.05) is 31.2 Å². The minimum absolute atomic E-state index is 0.497. The van der Waals surface area contributed by atoms with Gasteiger partial charge >= 0.3 is 0 Å². The number of hydrogen-bond acceptors (Lipinski definition) is 2. The molecule has 0 bridgehead atoms. The van der Waals surface area contributed by atoms with Gasteiger partial charge < -0.3 is 5.32 Å². The van der Waals surface area contributed by atoms with E-state index in [2.05, 4.69) is 24.1 Å². The summed E-state index contributed by atoms with van der Waals surface area (Å²) in [4.78, 5) is 2.83. The highest BCUT2D eigenvalue weighted by Gasteiger charge is 2.44. The fourth-order valence-corrected chi connectivity index (χ4v) is 4.63. The molecule has 2 nitrogen and oxygen atoms in total. The molecular formula is C15H28N2. The molecule has 1 atom stereocenters. The van der Waals surface area contributed by atoms with Crippen molar-refractivity contribution in [3.05, 3.63) is 0 Å². The molecule has 1 saturated heterocycles. The summed E-state index contributed by atoms with van der Waals surface area (Å²) in [5, 5.41) is 3.83. The van der Waals surface area contributed by atoms with E-state index in [1.165, 1.54) is 64.6 Å². The molecule has 2 heteroatoms. The van der Waals surface area contributed by atoms with Gasteiger partial charge in [0.25, 0.3) is 0 Å². The Bertz CT molecular complexity index is 279. The molecule has 0 aromatic carbocycles. The van der Waals surface area contributed by atoms with Crippen molar-refractivity contribution in [1.82, 2.24) is 10.2 Å². The van der Waals surface area contributed by atoms with Crippen molar-refractivity contribution in [1.29, 1.82) is 0 Å². The van der Waals surface area contributed by atoms with Gasteiger partial charge in [0.05, 0.1) is 0 Å². The molecule has 98 valence electrons. The Morgan fingerprint density at radius 2 is 1.82 bits per heavy atom. The minimum Gasteiger partial charge on any atom is -0.309 e. The van der Waals surface area contributed by atoms with E-state index in [9.17, 15) is 0 Å². The molecule has 3 fully saturated rings. The van der Waals surface area contributed by atoms with E-state index in [4.69, 9.17) is 0 Å². The van der Waals surface area contributed by atoms with Gasteiger partial charge in [0.15, 0.2) is 0 Å². The lowest BCUT2D eigenvalue weighted by Crippen LogP contribution is -2.62. The molecule has 0 amide bonds. The molecule has 1 unspecified atom stereocenters. The number of hydrogen-bond donors (Lipinski definition) is 1. The first-order chi connectivity index (χ1) is 8.11. The molecular weight excluding hydrogens is 208 g/mol. The van der Waals surface area contributed by atoms with Gasteiger partial charge in [-0.05, 0) is 31.1 Å². The van der Waals surface area contributed by atoms with Crippen LogP contribution in [0.3, 0.4) is 0 Å². The molecule has 3 aliphatic rings. The van der Waals surface area contributed by atoms with E-state index in [-0.39, 0.29) is 0 Å². The molecule has 1 N–H and O–H groups in total. The van der Waals surface area contributed by atoms with Crippen LogP contribution >= 0.6 is 0 Å². The first-order valence-corrected chi connectivity index (χ1v) is 7.61. The van der Waals surface area contributed by atoms with E-state index in [0.717, 1.165) is 6.04 Å². The number of piperazine rings is 1. The summed E-state index contributed by atoms with van der Waals surface area (Å²) in [5.41, 5.74) is 1.05. The summed E-state index contributed by atoms with van der Waals surface area (Å²) in [6.45, 7) is 8.77. The second kappa shape index (κ2) is 4.24. The highest BCUT2D eigenvalue weighted by atomic mass is 15.3. The van der Waals surface area contributed by atoms with Gasteiger partial charge in [0.2, 0.25) is 0 Å². The first-order valence-electron chi connectivity index (χ1n) is 7.61. The molecule has 2 saturated carbocycles. The van der Waals surface area contributed by atoms with Gasteiger partial charge in [0.1, 0.15) is 0 Å². The second-order valence-electron chi connectivity index (χ2n) is 7.28. The Hall–Kier alpha value is -0.0800. The molecule has 3 rings (SSSR count). The summed E-state index contributed by atoms with van der Waals surface area (Å²) in [5.74, 6) is 0. The van der Waals surface area contributed by atoms with E-state index in [1.807, 2.05) is 0 Å². The Morgan fingerprint density at radius 1 is 1.06 bits per heavy atom. The largest absolute Gasteiger partial charge is 0.309 e.